The molecule has 1 N–H and O–H groups in total. The van der Waals surface area contributed by atoms with Gasteiger partial charge in [0.15, 0.2) is 0 Å². The average Bonchev–Trinajstić information content (AvgIpc) is 2.76. The van der Waals surface area contributed by atoms with Crippen LogP contribution in [0.5, 0.6) is 0 Å². The molecule has 166 valence electrons. The van der Waals surface area contributed by atoms with Crippen molar-refractivity contribution in [3.05, 3.63) is 57.6 Å². The minimum Gasteiger partial charge on any atom is -0.462 e. The van der Waals surface area contributed by atoms with Crippen molar-refractivity contribution in [3.63, 3.8) is 0 Å². The van der Waals surface area contributed by atoms with Crippen LogP contribution in [-0.4, -0.2) is 44.3 Å². The fourth-order valence-electron chi connectivity index (χ4n) is 3.26. The van der Waals surface area contributed by atoms with Crippen molar-refractivity contribution in [2.24, 2.45) is 0 Å². The number of halogens is 2. The quantitative estimate of drug-likeness (QED) is 0.604. The average molecular weight is 485 g/mol. The Morgan fingerprint density at radius 3 is 2.39 bits per heavy atom. The van der Waals surface area contributed by atoms with Gasteiger partial charge in [-0.2, -0.15) is 4.31 Å². The van der Waals surface area contributed by atoms with Crippen LogP contribution in [0.3, 0.4) is 0 Å². The molecule has 10 heteroatoms. The van der Waals surface area contributed by atoms with E-state index in [0.717, 1.165) is 19.3 Å². The Kier molecular flexibility index (Phi) is 7.59. The lowest BCUT2D eigenvalue weighted by Crippen LogP contribution is -2.35. The zero-order valence-electron chi connectivity index (χ0n) is 16.9. The maximum atomic E-state index is 13.0. The summed E-state index contributed by atoms with van der Waals surface area (Å²) in [4.78, 5) is 24.7. The van der Waals surface area contributed by atoms with Crippen molar-refractivity contribution in [1.82, 2.24) is 4.31 Å². The van der Waals surface area contributed by atoms with Crippen LogP contribution in [0.25, 0.3) is 0 Å². The Bertz CT molecular complexity index is 1100. The molecule has 0 radical (unpaired) electrons. The van der Waals surface area contributed by atoms with E-state index in [2.05, 4.69) is 5.32 Å². The van der Waals surface area contributed by atoms with Gasteiger partial charge in [-0.05, 0) is 56.2 Å². The molecule has 1 heterocycles. The predicted octanol–water partition coefficient (Wildman–Crippen LogP) is 4.60. The summed E-state index contributed by atoms with van der Waals surface area (Å²) in [6.45, 7) is 2.71. The molecular formula is C21H22Cl2N2O5S. The lowest BCUT2D eigenvalue weighted by atomic mass is 10.1. The van der Waals surface area contributed by atoms with E-state index in [1.165, 1.54) is 40.7 Å². The van der Waals surface area contributed by atoms with E-state index in [-0.39, 0.29) is 32.7 Å². The lowest BCUT2D eigenvalue weighted by Gasteiger charge is -2.26. The third kappa shape index (κ3) is 5.38. The van der Waals surface area contributed by atoms with E-state index in [1.54, 1.807) is 6.92 Å². The van der Waals surface area contributed by atoms with E-state index in [4.69, 9.17) is 27.9 Å². The molecule has 1 saturated heterocycles. The van der Waals surface area contributed by atoms with Gasteiger partial charge in [0.2, 0.25) is 10.0 Å². The molecule has 0 saturated carbocycles. The molecule has 31 heavy (non-hydrogen) atoms. The van der Waals surface area contributed by atoms with Crippen LogP contribution in [-0.2, 0) is 14.8 Å². The number of hydrogen-bond donors (Lipinski definition) is 1. The largest absolute Gasteiger partial charge is 0.462 e. The van der Waals surface area contributed by atoms with Crippen LogP contribution in [0.2, 0.25) is 10.0 Å². The maximum Gasteiger partial charge on any atom is 0.339 e. The highest BCUT2D eigenvalue weighted by atomic mass is 35.5. The van der Waals surface area contributed by atoms with E-state index >= 15 is 0 Å². The fourth-order valence-corrected chi connectivity index (χ4v) is 5.47. The number of piperidine rings is 1. The smallest absolute Gasteiger partial charge is 0.339 e. The van der Waals surface area contributed by atoms with Crippen molar-refractivity contribution in [3.8, 4) is 0 Å². The van der Waals surface area contributed by atoms with Crippen LogP contribution in [0, 0.1) is 0 Å². The first-order valence-corrected chi connectivity index (χ1v) is 12.0. The second-order valence-corrected chi connectivity index (χ2v) is 9.70. The van der Waals surface area contributed by atoms with Gasteiger partial charge in [-0.15, -0.1) is 0 Å². The Hall–Kier alpha value is -2.13. The number of anilines is 1. The number of carbonyl (C=O) groups excluding carboxylic acids is 2. The molecule has 0 aromatic heterocycles. The second-order valence-electron chi connectivity index (χ2n) is 6.98. The number of ether oxygens (including phenoxy) is 1. The van der Waals surface area contributed by atoms with Crippen molar-refractivity contribution in [2.45, 2.75) is 31.1 Å². The summed E-state index contributed by atoms with van der Waals surface area (Å²) >= 11 is 12.2. The number of nitrogens with one attached hydrogen (secondary N) is 1. The van der Waals surface area contributed by atoms with Crippen LogP contribution in [0.4, 0.5) is 5.69 Å². The highest BCUT2D eigenvalue weighted by molar-refractivity contribution is 7.89. The summed E-state index contributed by atoms with van der Waals surface area (Å²) in [5.74, 6) is -1.16. The number of amides is 1. The van der Waals surface area contributed by atoms with Gasteiger partial charge in [0, 0.05) is 24.3 Å². The molecule has 3 rings (SSSR count). The van der Waals surface area contributed by atoms with Gasteiger partial charge < -0.3 is 10.1 Å². The van der Waals surface area contributed by atoms with Gasteiger partial charge in [0.1, 0.15) is 4.90 Å². The molecule has 1 amide bonds. The van der Waals surface area contributed by atoms with E-state index < -0.39 is 21.9 Å². The van der Waals surface area contributed by atoms with Gasteiger partial charge >= 0.3 is 5.97 Å². The van der Waals surface area contributed by atoms with Crippen LogP contribution in [0.15, 0.2) is 41.3 Å². The Morgan fingerprint density at radius 2 is 1.71 bits per heavy atom. The monoisotopic (exact) mass is 484 g/mol. The second kappa shape index (κ2) is 9.99. The fraction of sp³-hybridized carbons (Fsp3) is 0.333. The van der Waals surface area contributed by atoms with Crippen molar-refractivity contribution < 1.29 is 22.7 Å². The number of carbonyl (C=O) groups is 2. The minimum absolute atomic E-state index is 0.0539. The van der Waals surface area contributed by atoms with Crippen LogP contribution in [0.1, 0.15) is 46.9 Å². The number of rotatable bonds is 6. The number of hydrogen-bond acceptors (Lipinski definition) is 5. The standard InChI is InChI=1S/C21H22Cl2N2O5S/c1-2-30-21(27)16-13-15(7-9-17(16)22)24-20(26)14-6-8-18(23)19(12-14)31(28,29)25-10-4-3-5-11-25/h6-9,12-13H,2-5,10-11H2,1H3,(H,24,26). The first-order chi connectivity index (χ1) is 14.7. The summed E-state index contributed by atoms with van der Waals surface area (Å²) < 4.78 is 32.4. The minimum atomic E-state index is -3.81. The summed E-state index contributed by atoms with van der Waals surface area (Å²) in [6, 6.07) is 8.50. The molecule has 0 spiro atoms. The molecule has 0 atom stereocenters. The van der Waals surface area contributed by atoms with Crippen LogP contribution < -0.4 is 5.32 Å². The van der Waals surface area contributed by atoms with Crippen molar-refractivity contribution >= 4 is 50.8 Å². The molecule has 0 bridgehead atoms. The summed E-state index contributed by atoms with van der Waals surface area (Å²) in [7, 11) is -3.81. The van der Waals surface area contributed by atoms with Crippen molar-refractivity contribution in [1.29, 1.82) is 0 Å². The Labute approximate surface area is 191 Å². The third-order valence-corrected chi connectivity index (χ3v) is 7.56. The van der Waals surface area contributed by atoms with Gasteiger partial charge in [-0.25, -0.2) is 13.2 Å². The Balaban J connectivity index is 1.86. The molecule has 2 aromatic rings. The highest BCUT2D eigenvalue weighted by Gasteiger charge is 2.28. The van der Waals surface area contributed by atoms with Gasteiger partial charge in [0.05, 0.1) is 22.2 Å². The number of benzene rings is 2. The molecule has 0 unspecified atom stereocenters. The molecule has 1 aliphatic rings. The van der Waals surface area contributed by atoms with E-state index in [9.17, 15) is 18.0 Å². The number of esters is 1. The first-order valence-electron chi connectivity index (χ1n) is 9.81. The lowest BCUT2D eigenvalue weighted by molar-refractivity contribution is 0.0526. The predicted molar refractivity (Wildman–Crippen MR) is 119 cm³/mol. The van der Waals surface area contributed by atoms with Crippen LogP contribution >= 0.6 is 23.2 Å². The number of sulfonamides is 1. The highest BCUT2D eigenvalue weighted by Crippen LogP contribution is 2.28. The first kappa shape index (κ1) is 23.5. The summed E-state index contributed by atoms with van der Waals surface area (Å²) in [6.07, 6.45) is 2.56. The van der Waals surface area contributed by atoms with Crippen molar-refractivity contribution in [2.75, 3.05) is 25.0 Å². The number of nitrogens with zero attached hydrogens (tertiary/aromatic N) is 1. The topological polar surface area (TPSA) is 92.8 Å². The molecular weight excluding hydrogens is 463 g/mol. The SMILES string of the molecule is CCOC(=O)c1cc(NC(=O)c2ccc(Cl)c(S(=O)(=O)N3CCCCC3)c2)ccc1Cl. The molecule has 2 aromatic carbocycles. The maximum absolute atomic E-state index is 13.0. The summed E-state index contributed by atoms with van der Waals surface area (Å²) in [5.41, 5.74) is 0.547. The molecule has 1 fully saturated rings. The third-order valence-electron chi connectivity index (χ3n) is 4.85. The Morgan fingerprint density at radius 1 is 1.03 bits per heavy atom. The molecule has 7 nitrogen and oxygen atoms in total. The van der Waals surface area contributed by atoms with Gasteiger partial charge in [-0.3, -0.25) is 4.79 Å². The zero-order chi connectivity index (χ0) is 22.6. The summed E-state index contributed by atoms with van der Waals surface area (Å²) in [5, 5.41) is 2.89. The van der Waals surface area contributed by atoms with Gasteiger partial charge in [0.25, 0.3) is 5.91 Å². The van der Waals surface area contributed by atoms with E-state index in [0.29, 0.717) is 18.8 Å². The van der Waals surface area contributed by atoms with E-state index in [1.807, 2.05) is 0 Å². The molecule has 1 aliphatic heterocycles. The zero-order valence-corrected chi connectivity index (χ0v) is 19.2. The normalized spacial score (nSPS) is 14.8. The molecule has 0 aliphatic carbocycles. The van der Waals surface area contributed by atoms with Gasteiger partial charge in [-0.1, -0.05) is 29.6 Å².